The second-order valence-corrected chi connectivity index (χ2v) is 36.9. The van der Waals surface area contributed by atoms with Gasteiger partial charge in [-0.25, -0.2) is 9.59 Å². The fraction of sp³-hybridized carbons (Fsp3) is 0.621. The molecule has 4 aromatic rings. The molecular formula is C87H127N11O36S3. The molecule has 1 aliphatic rings. The summed E-state index contributed by atoms with van der Waals surface area (Å²) >= 11 is 1.42. The number of aliphatic carboxylic acids is 4. The molecule has 0 radical (unpaired) electrons. The van der Waals surface area contributed by atoms with Gasteiger partial charge in [0.2, 0.25) is 47.3 Å². The van der Waals surface area contributed by atoms with Crippen LogP contribution in [0.25, 0.3) is 22.2 Å². The summed E-state index contributed by atoms with van der Waals surface area (Å²) in [5.74, 6) is -22.7. The summed E-state index contributed by atoms with van der Waals surface area (Å²) in [6.07, 6.45) is -32.6. The standard InChI is InChI=1S/C87H127N11O36S3/c88-87-97-80-53(84(129)98-87)35-47(92-80)10-4-2-1-3-5-15-70(114)93-57(85(130)131)21-27-73(119)134-29-31-136-137-43-58(86(132)133)96-83(128)46(18-24-69(113)91-38-63(107)76(122)79(125)66(110)41-101)34-60(104)56(20-26-72(117)118)95-82(127)45(17-23-68(112)90-37-62(106)75(121)78(124)65(109)40-100)33-59(103)55(19-25-71(115)116)94-81(126)44(16-22-67(111)89-36-61(105)74(120)77(123)64(108)39-99)32-48(102)28-30-135-42-54-51-13-8-6-11-49(51)50-12-7-9-14-52(50)54/h6-9,11-14,35,44-46,54-58,61-66,74-79,99-101,105-110,120-125H,1-5,10,15-34,36-43H2,(H,89,111)(H,90,112)(H,91,113)(H,93,114)(H,94,126)(H,95,127)(H,96,128)(H,115,116)(H,117,118)(H,130,131)(H,132,133)(H4,88,92,97,98,129)/t44-,45-,46-,55+,56+,57+,58+,61+,62+,63+,64-,65-,66-,74-,75-,76-,77-,78-,79-/m1/s1. The number of hydrogen-bond donors (Lipinski definition) is 29. The van der Waals surface area contributed by atoms with E-state index in [1.54, 1.807) is 6.07 Å². The van der Waals surface area contributed by atoms with Gasteiger partial charge in [-0.1, -0.05) is 89.4 Å². The number of nitrogens with one attached hydrogen (secondary N) is 9. The Hall–Kier alpha value is -10.2. The topological polar surface area (TPSA) is 821 Å². The van der Waals surface area contributed by atoms with Crippen molar-refractivity contribution in [2.24, 2.45) is 17.8 Å². The summed E-state index contributed by atoms with van der Waals surface area (Å²) in [6, 6.07) is 9.97. The van der Waals surface area contributed by atoms with E-state index < -0.39 is 339 Å². The Bertz CT molecular complexity index is 4640. The number of anilines is 1. The van der Waals surface area contributed by atoms with Gasteiger partial charge in [-0.2, -0.15) is 16.7 Å². The highest BCUT2D eigenvalue weighted by Crippen LogP contribution is 2.46. The zero-order chi connectivity index (χ0) is 102. The van der Waals surface area contributed by atoms with Gasteiger partial charge in [-0.3, -0.25) is 72.1 Å². The van der Waals surface area contributed by atoms with E-state index in [0.29, 0.717) is 36.0 Å². The number of aromatic amines is 2. The average molecular weight is 2000 g/mol. The second-order valence-electron chi connectivity index (χ2n) is 33.1. The van der Waals surface area contributed by atoms with E-state index in [9.17, 15) is 174 Å². The highest BCUT2D eigenvalue weighted by Gasteiger charge is 2.39. The van der Waals surface area contributed by atoms with Crippen molar-refractivity contribution in [2.75, 3.05) is 74.8 Å². The molecule has 50 heteroatoms. The number of aliphatic hydroxyl groups excluding tert-OH is 15. The van der Waals surface area contributed by atoms with Gasteiger partial charge in [0.05, 0.1) is 55.6 Å². The highest BCUT2D eigenvalue weighted by molar-refractivity contribution is 8.76. The molecule has 137 heavy (non-hydrogen) atoms. The number of aryl methyl sites for hydroxylation is 1. The number of hydrogen-bond acceptors (Lipinski definition) is 37. The molecule has 47 nitrogen and oxygen atoms in total. The zero-order valence-corrected chi connectivity index (χ0v) is 77.4. The Balaban J connectivity index is 1.35. The Morgan fingerprint density at radius 2 is 0.854 bits per heavy atom. The number of thioether (sulfide) groups is 1. The number of rotatable bonds is 72. The molecule has 0 bridgehead atoms. The van der Waals surface area contributed by atoms with Crippen LogP contribution in [0.3, 0.4) is 0 Å². The number of carbonyl (C=O) groups is 15. The molecule has 0 saturated heterocycles. The number of aliphatic hydroxyl groups is 15. The van der Waals surface area contributed by atoms with Crippen LogP contribution in [0.1, 0.15) is 164 Å². The maximum absolute atomic E-state index is 15.0. The lowest BCUT2D eigenvalue weighted by Gasteiger charge is -2.26. The average Bonchev–Trinajstić information content (AvgIpc) is 1.61. The first kappa shape index (κ1) is 117. The number of ketones is 3. The fourth-order valence-electron chi connectivity index (χ4n) is 14.6. The SMILES string of the molecule is Nc1nc2[nH]c(CCCCCCCC(=O)N[C@@H](CCC(=O)OCCSSC[C@H](NC(=O)[C@H](CCC(=O)NC[C@H](O)[C@@H](O)[C@H](O)[C@H](O)CO)CC(=O)[C@H](CCC(=O)O)NC(=O)[C@H](CCC(=O)NC[C@H](O)[C@@H](O)[C@H](O)[C@H](O)CO)CC(=O)[C@H](CCC(=O)O)NC(=O)[C@H](CCC(=O)NC[C@H](O)[C@@H](O)[C@H](O)[C@H](O)CO)CC(=O)CCSCC3c4ccccc4-c4ccccc43)C(=O)O)C(=O)O)cc2c(=O)[nH]1. The first-order valence-corrected chi connectivity index (χ1v) is 48.1. The number of fused-ring (bicyclic) bond motifs is 4. The number of unbranched alkanes of at least 4 members (excludes halogenated alkanes) is 4. The van der Waals surface area contributed by atoms with Crippen molar-refractivity contribution < 1.29 is 174 Å². The lowest BCUT2D eigenvalue weighted by atomic mass is 9.89. The third-order valence-electron chi connectivity index (χ3n) is 22.7. The van der Waals surface area contributed by atoms with E-state index >= 15 is 0 Å². The van der Waals surface area contributed by atoms with Gasteiger partial charge < -0.3 is 150 Å². The minimum atomic E-state index is -2.21. The van der Waals surface area contributed by atoms with Crippen molar-refractivity contribution >= 4 is 139 Å². The quantitative estimate of drug-likeness (QED) is 0.0112. The summed E-state index contributed by atoms with van der Waals surface area (Å²) < 4.78 is 5.22. The predicted octanol–water partition coefficient (Wildman–Crippen LogP) is -5.08. The third kappa shape index (κ3) is 41.0. The number of nitrogens with zero attached hydrogens (tertiary/aromatic N) is 1. The number of carboxylic acids is 4. The van der Waals surface area contributed by atoms with Crippen LogP contribution in [0.2, 0.25) is 0 Å². The fourth-order valence-corrected chi connectivity index (χ4v) is 17.7. The van der Waals surface area contributed by atoms with Crippen molar-refractivity contribution in [1.82, 2.24) is 52.2 Å². The van der Waals surface area contributed by atoms with Crippen LogP contribution in [0.5, 0.6) is 0 Å². The molecular weight excluding hydrogens is 1870 g/mol. The van der Waals surface area contributed by atoms with E-state index in [2.05, 4.69) is 52.2 Å². The summed E-state index contributed by atoms with van der Waals surface area (Å²) in [7, 11) is 1.74. The Kier molecular flexibility index (Phi) is 52.4. The van der Waals surface area contributed by atoms with Gasteiger partial charge in [-0.05, 0) is 86.1 Å². The molecule has 5 rings (SSSR count). The molecule has 0 saturated carbocycles. The van der Waals surface area contributed by atoms with Crippen molar-refractivity contribution in [3.05, 3.63) is 81.8 Å². The van der Waals surface area contributed by atoms with Crippen molar-refractivity contribution in [1.29, 1.82) is 0 Å². The normalized spacial score (nSPS) is 16.1. The minimum Gasteiger partial charge on any atom is -0.481 e. The van der Waals surface area contributed by atoms with E-state index in [4.69, 9.17) is 10.5 Å². The summed E-state index contributed by atoms with van der Waals surface area (Å²) in [5, 5.41) is 207. The molecule has 2 heterocycles. The Morgan fingerprint density at radius 3 is 1.30 bits per heavy atom. The van der Waals surface area contributed by atoms with Gasteiger partial charge in [0.15, 0.2) is 11.6 Å². The van der Waals surface area contributed by atoms with Crippen LogP contribution in [-0.4, -0.2) is 367 Å². The smallest absolute Gasteiger partial charge is 0.327 e. The molecule has 19 atom stereocenters. The number of benzene rings is 2. The van der Waals surface area contributed by atoms with Crippen LogP contribution in [0.15, 0.2) is 59.4 Å². The maximum atomic E-state index is 15.0. The number of nitrogens with two attached hydrogens (primary N) is 1. The molecule has 0 fully saturated rings. The number of Topliss-reactive ketones (excluding diaryl/α,β-unsaturated/α-hetero) is 3. The molecule has 7 amide bonds. The Labute approximate surface area is 797 Å². The first-order chi connectivity index (χ1) is 65.0. The van der Waals surface area contributed by atoms with Gasteiger partial charge in [0.25, 0.3) is 5.56 Å². The number of carbonyl (C=O) groups excluding carboxylic acids is 11. The second kappa shape index (κ2) is 61.3. The van der Waals surface area contributed by atoms with Gasteiger partial charge >= 0.3 is 29.8 Å². The molecule has 764 valence electrons. The van der Waals surface area contributed by atoms with Crippen molar-refractivity contribution in [3.8, 4) is 11.1 Å². The number of ether oxygens (including phenoxy) is 1. The van der Waals surface area contributed by atoms with Crippen LogP contribution in [0.4, 0.5) is 5.95 Å². The largest absolute Gasteiger partial charge is 0.481 e. The summed E-state index contributed by atoms with van der Waals surface area (Å²) in [6.45, 7) is -6.06. The Morgan fingerprint density at radius 1 is 0.438 bits per heavy atom. The van der Waals surface area contributed by atoms with Crippen LogP contribution >= 0.6 is 33.3 Å². The molecule has 0 aliphatic heterocycles. The van der Waals surface area contributed by atoms with Gasteiger partial charge in [0, 0.05) is 143 Å². The number of amides is 7. The summed E-state index contributed by atoms with van der Waals surface area (Å²) in [4.78, 5) is 225. The van der Waals surface area contributed by atoms with E-state index in [1.807, 2.05) is 48.5 Å². The highest BCUT2D eigenvalue weighted by atomic mass is 33.1. The van der Waals surface area contributed by atoms with E-state index in [1.165, 1.54) is 11.8 Å². The molecule has 30 N–H and O–H groups in total. The zero-order valence-electron chi connectivity index (χ0n) is 75.0. The number of aromatic nitrogens is 3. The number of esters is 1. The number of H-pyrrole nitrogens is 2. The van der Waals surface area contributed by atoms with Crippen molar-refractivity contribution in [2.45, 2.75) is 251 Å². The maximum Gasteiger partial charge on any atom is 0.327 e. The lowest BCUT2D eigenvalue weighted by Crippen LogP contribution is -2.50. The van der Waals surface area contributed by atoms with Gasteiger partial charge in [-0.15, -0.1) is 0 Å². The van der Waals surface area contributed by atoms with E-state index in [-0.39, 0.29) is 54.8 Å². The van der Waals surface area contributed by atoms with Crippen molar-refractivity contribution in [3.63, 3.8) is 0 Å². The first-order valence-electron chi connectivity index (χ1n) is 44.5. The molecule has 0 unspecified atom stereocenters. The number of nitrogen functional groups attached to an aromatic ring is 1. The monoisotopic (exact) mass is 2000 g/mol. The summed E-state index contributed by atoms with van der Waals surface area (Å²) in [5.41, 5.74) is 10.6. The number of carboxylic acid groups (broad SMARTS) is 4. The predicted molar refractivity (Wildman–Crippen MR) is 489 cm³/mol. The third-order valence-corrected chi connectivity index (χ3v) is 26.1. The molecule has 0 spiro atoms. The molecule has 2 aromatic heterocycles. The molecule has 2 aromatic carbocycles. The van der Waals surface area contributed by atoms with Crippen LogP contribution < -0.4 is 48.5 Å². The van der Waals surface area contributed by atoms with Crippen LogP contribution in [0, 0.1) is 17.8 Å². The lowest BCUT2D eigenvalue weighted by molar-refractivity contribution is -0.145. The minimum absolute atomic E-state index is 0.00521. The molecule has 1 aliphatic carbocycles. The van der Waals surface area contributed by atoms with Gasteiger partial charge in [0.1, 0.15) is 85.1 Å². The van der Waals surface area contributed by atoms with E-state index in [0.717, 1.165) is 68.8 Å². The van der Waals surface area contributed by atoms with Crippen LogP contribution in [-0.2, 0) is 83.1 Å².